The van der Waals surface area contributed by atoms with Crippen LogP contribution >= 0.6 is 0 Å². The Balaban J connectivity index is 2.79. The molecule has 0 saturated carbocycles. The number of hydrogen-bond acceptors (Lipinski definition) is 2. The summed E-state index contributed by atoms with van der Waals surface area (Å²) >= 11 is 0. The number of hydrogen-bond donors (Lipinski definition) is 1. The molecule has 0 bridgehead atoms. The fraction of sp³-hybridized carbons (Fsp3) is 0.500. The molecule has 102 valence electrons. The molecule has 1 aromatic carbocycles. The van der Waals surface area contributed by atoms with Crippen molar-refractivity contribution in [3.63, 3.8) is 0 Å². The van der Waals surface area contributed by atoms with E-state index >= 15 is 0 Å². The minimum absolute atomic E-state index is 0.00845. The van der Waals surface area contributed by atoms with E-state index in [1.807, 2.05) is 6.92 Å². The van der Waals surface area contributed by atoms with Gasteiger partial charge in [-0.2, -0.15) is 13.2 Å². The first-order valence-electron chi connectivity index (χ1n) is 5.58. The summed E-state index contributed by atoms with van der Waals surface area (Å²) in [6.07, 6.45) is -5.01. The average molecular weight is 265 g/mol. The van der Waals surface area contributed by atoms with Gasteiger partial charge in [0.15, 0.2) is 0 Å². The standard InChI is InChI=1S/C12H15F4NO/c1-3-17-7-8(2)18-9-4-5-11(13)10(6-9)12(14,15)16/h4-6,8,17H,3,7H2,1-2H3. The first kappa shape index (κ1) is 14.8. The molecule has 6 heteroatoms. The quantitative estimate of drug-likeness (QED) is 0.825. The Morgan fingerprint density at radius 3 is 2.56 bits per heavy atom. The van der Waals surface area contributed by atoms with Gasteiger partial charge in [-0.3, -0.25) is 0 Å². The second-order valence-electron chi connectivity index (χ2n) is 3.88. The van der Waals surface area contributed by atoms with Crippen LogP contribution in [0, 0.1) is 5.82 Å². The van der Waals surface area contributed by atoms with Crippen molar-refractivity contribution < 1.29 is 22.3 Å². The third-order valence-electron chi connectivity index (χ3n) is 2.26. The fourth-order valence-electron chi connectivity index (χ4n) is 1.42. The molecule has 0 aliphatic rings. The summed E-state index contributed by atoms with van der Waals surface area (Å²) in [5, 5.41) is 3.00. The summed E-state index contributed by atoms with van der Waals surface area (Å²) in [5.41, 5.74) is -1.31. The molecule has 0 amide bonds. The second-order valence-corrected chi connectivity index (χ2v) is 3.88. The van der Waals surface area contributed by atoms with Crippen molar-refractivity contribution in [3.05, 3.63) is 29.6 Å². The van der Waals surface area contributed by atoms with Crippen LogP contribution in [-0.2, 0) is 6.18 Å². The topological polar surface area (TPSA) is 21.3 Å². The minimum atomic E-state index is -4.71. The summed E-state index contributed by atoms with van der Waals surface area (Å²) < 4.78 is 55.7. The summed E-state index contributed by atoms with van der Waals surface area (Å²) in [7, 11) is 0. The Labute approximate surface area is 103 Å². The van der Waals surface area contributed by atoms with Crippen LogP contribution in [0.15, 0.2) is 18.2 Å². The van der Waals surface area contributed by atoms with E-state index in [1.54, 1.807) is 6.92 Å². The van der Waals surface area contributed by atoms with Crippen LogP contribution in [0.1, 0.15) is 19.4 Å². The zero-order chi connectivity index (χ0) is 13.8. The summed E-state index contributed by atoms with van der Waals surface area (Å²) in [5.74, 6) is -1.29. The van der Waals surface area contributed by atoms with Crippen LogP contribution in [-0.4, -0.2) is 19.2 Å². The smallest absolute Gasteiger partial charge is 0.419 e. The molecule has 1 N–H and O–H groups in total. The van der Waals surface area contributed by atoms with Crippen molar-refractivity contribution in [3.8, 4) is 5.75 Å². The van der Waals surface area contributed by atoms with Crippen molar-refractivity contribution in [1.82, 2.24) is 5.32 Å². The van der Waals surface area contributed by atoms with E-state index in [1.165, 1.54) is 6.07 Å². The number of halogens is 4. The van der Waals surface area contributed by atoms with Gasteiger partial charge in [-0.15, -0.1) is 0 Å². The number of rotatable bonds is 5. The van der Waals surface area contributed by atoms with Gasteiger partial charge in [-0.05, 0) is 31.7 Å². The maximum atomic E-state index is 13.0. The predicted molar refractivity (Wildman–Crippen MR) is 60.0 cm³/mol. The predicted octanol–water partition coefficient (Wildman–Crippen LogP) is 3.22. The summed E-state index contributed by atoms with van der Waals surface area (Å²) in [4.78, 5) is 0. The lowest BCUT2D eigenvalue weighted by atomic mass is 10.2. The van der Waals surface area contributed by atoms with Gasteiger partial charge >= 0.3 is 6.18 Å². The van der Waals surface area contributed by atoms with E-state index in [9.17, 15) is 17.6 Å². The fourth-order valence-corrected chi connectivity index (χ4v) is 1.42. The van der Waals surface area contributed by atoms with Gasteiger partial charge in [-0.1, -0.05) is 6.92 Å². The molecule has 0 heterocycles. The van der Waals surface area contributed by atoms with Crippen molar-refractivity contribution in [2.45, 2.75) is 26.1 Å². The zero-order valence-electron chi connectivity index (χ0n) is 10.1. The van der Waals surface area contributed by atoms with Crippen molar-refractivity contribution >= 4 is 0 Å². The van der Waals surface area contributed by atoms with Gasteiger partial charge in [0, 0.05) is 6.54 Å². The highest BCUT2D eigenvalue weighted by molar-refractivity contribution is 5.31. The molecule has 18 heavy (non-hydrogen) atoms. The molecule has 0 aromatic heterocycles. The van der Waals surface area contributed by atoms with Gasteiger partial charge < -0.3 is 10.1 Å². The second kappa shape index (κ2) is 6.04. The summed E-state index contributed by atoms with van der Waals surface area (Å²) in [6, 6.07) is 2.63. The molecule has 0 radical (unpaired) electrons. The van der Waals surface area contributed by atoms with Gasteiger partial charge in [-0.25, -0.2) is 4.39 Å². The van der Waals surface area contributed by atoms with E-state index in [0.29, 0.717) is 12.6 Å². The number of benzene rings is 1. The number of nitrogens with one attached hydrogen (secondary N) is 1. The van der Waals surface area contributed by atoms with Crippen LogP contribution in [0.3, 0.4) is 0 Å². The lowest BCUT2D eigenvalue weighted by Gasteiger charge is -2.16. The van der Waals surface area contributed by atoms with E-state index in [0.717, 1.165) is 12.6 Å². The van der Waals surface area contributed by atoms with E-state index in [-0.39, 0.29) is 11.9 Å². The van der Waals surface area contributed by atoms with E-state index < -0.39 is 17.6 Å². The third-order valence-corrected chi connectivity index (χ3v) is 2.26. The maximum Gasteiger partial charge on any atom is 0.419 e. The van der Waals surface area contributed by atoms with Gasteiger partial charge in [0.1, 0.15) is 17.7 Å². The molecule has 0 aliphatic heterocycles. The minimum Gasteiger partial charge on any atom is -0.489 e. The molecule has 0 spiro atoms. The molecule has 1 aromatic rings. The van der Waals surface area contributed by atoms with Crippen molar-refractivity contribution in [2.24, 2.45) is 0 Å². The lowest BCUT2D eigenvalue weighted by molar-refractivity contribution is -0.140. The number of ether oxygens (including phenoxy) is 1. The first-order chi connectivity index (χ1) is 8.34. The molecule has 1 rings (SSSR count). The molecule has 1 atom stereocenters. The Bertz CT molecular complexity index is 392. The van der Waals surface area contributed by atoms with Gasteiger partial charge in [0.05, 0.1) is 5.56 Å². The molecule has 0 fully saturated rings. The van der Waals surface area contributed by atoms with E-state index in [4.69, 9.17) is 4.74 Å². The highest BCUT2D eigenvalue weighted by Crippen LogP contribution is 2.33. The van der Waals surface area contributed by atoms with Crippen LogP contribution < -0.4 is 10.1 Å². The molecular formula is C12H15F4NO. The van der Waals surface area contributed by atoms with Gasteiger partial charge in [0.25, 0.3) is 0 Å². The highest BCUT2D eigenvalue weighted by atomic mass is 19.4. The third kappa shape index (κ3) is 4.18. The van der Waals surface area contributed by atoms with Crippen LogP contribution in [0.25, 0.3) is 0 Å². The van der Waals surface area contributed by atoms with Crippen LogP contribution in [0.5, 0.6) is 5.75 Å². The van der Waals surface area contributed by atoms with Crippen LogP contribution in [0.4, 0.5) is 17.6 Å². The number of alkyl halides is 3. The molecular weight excluding hydrogens is 250 g/mol. The zero-order valence-corrected chi connectivity index (χ0v) is 10.1. The Hall–Kier alpha value is -1.30. The first-order valence-corrected chi connectivity index (χ1v) is 5.58. The lowest BCUT2D eigenvalue weighted by Crippen LogP contribution is -2.28. The Morgan fingerprint density at radius 2 is 2.00 bits per heavy atom. The highest BCUT2D eigenvalue weighted by Gasteiger charge is 2.34. The monoisotopic (exact) mass is 265 g/mol. The Kier molecular flexibility index (Phi) is 4.95. The SMILES string of the molecule is CCNCC(C)Oc1ccc(F)c(C(F)(F)F)c1. The van der Waals surface area contributed by atoms with Gasteiger partial charge in [0.2, 0.25) is 0 Å². The molecule has 1 unspecified atom stereocenters. The maximum absolute atomic E-state index is 13.0. The van der Waals surface area contributed by atoms with E-state index in [2.05, 4.69) is 5.32 Å². The molecule has 0 aliphatic carbocycles. The normalized spacial score (nSPS) is 13.4. The molecule has 2 nitrogen and oxygen atoms in total. The average Bonchev–Trinajstić information content (AvgIpc) is 2.27. The summed E-state index contributed by atoms with van der Waals surface area (Å²) in [6.45, 7) is 4.88. The van der Waals surface area contributed by atoms with Crippen LogP contribution in [0.2, 0.25) is 0 Å². The van der Waals surface area contributed by atoms with Crippen molar-refractivity contribution in [2.75, 3.05) is 13.1 Å². The Morgan fingerprint density at radius 1 is 1.33 bits per heavy atom. The van der Waals surface area contributed by atoms with Crippen molar-refractivity contribution in [1.29, 1.82) is 0 Å². The largest absolute Gasteiger partial charge is 0.489 e. The number of likely N-dealkylation sites (N-methyl/N-ethyl adjacent to an activating group) is 1. The molecule has 0 saturated heterocycles.